The van der Waals surface area contributed by atoms with Gasteiger partial charge in [-0.3, -0.25) is 0 Å². The molecule has 4 rings (SSSR count). The lowest BCUT2D eigenvalue weighted by atomic mass is 10.1. The number of halogens is 1. The van der Waals surface area contributed by atoms with Gasteiger partial charge in [0.25, 0.3) is 0 Å². The number of rotatable bonds is 3. The first-order valence-electron chi connectivity index (χ1n) is 8.60. The minimum Gasteiger partial charge on any atom is -0.355 e. The standard InChI is InChI=1S/C22H18ClN3O/c1-14-3-2-4-19(11-14)25-22(27)24-18-8-5-15(6-9-18)21-13-16-12-17(23)7-10-20(16)26-21/h2-13,26H,1H3,(H2,24,25,27). The first kappa shape index (κ1) is 17.2. The van der Waals surface area contributed by atoms with Gasteiger partial charge in [-0.05, 0) is 66.6 Å². The quantitative estimate of drug-likeness (QED) is 0.379. The Bertz CT molecular complexity index is 1120. The summed E-state index contributed by atoms with van der Waals surface area (Å²) in [4.78, 5) is 15.5. The number of aromatic amines is 1. The Morgan fingerprint density at radius 2 is 1.67 bits per heavy atom. The topological polar surface area (TPSA) is 56.9 Å². The molecular formula is C22H18ClN3O. The summed E-state index contributed by atoms with van der Waals surface area (Å²) in [6.07, 6.45) is 0. The molecule has 0 radical (unpaired) electrons. The van der Waals surface area contributed by atoms with E-state index in [4.69, 9.17) is 11.6 Å². The van der Waals surface area contributed by atoms with Crippen molar-refractivity contribution in [1.29, 1.82) is 0 Å². The zero-order valence-electron chi connectivity index (χ0n) is 14.7. The largest absolute Gasteiger partial charge is 0.355 e. The molecule has 3 N–H and O–H groups in total. The van der Waals surface area contributed by atoms with Gasteiger partial charge < -0.3 is 15.6 Å². The van der Waals surface area contributed by atoms with Gasteiger partial charge in [0.2, 0.25) is 0 Å². The van der Waals surface area contributed by atoms with E-state index in [9.17, 15) is 4.79 Å². The Balaban J connectivity index is 1.47. The van der Waals surface area contributed by atoms with Gasteiger partial charge in [0.15, 0.2) is 0 Å². The third kappa shape index (κ3) is 3.96. The van der Waals surface area contributed by atoms with E-state index in [2.05, 4.69) is 21.7 Å². The molecule has 0 unspecified atom stereocenters. The molecule has 0 saturated carbocycles. The number of H-pyrrole nitrogens is 1. The zero-order chi connectivity index (χ0) is 18.8. The maximum Gasteiger partial charge on any atom is 0.323 e. The Labute approximate surface area is 162 Å². The number of aryl methyl sites for hydroxylation is 1. The lowest BCUT2D eigenvalue weighted by Crippen LogP contribution is -2.19. The monoisotopic (exact) mass is 375 g/mol. The van der Waals surface area contributed by atoms with E-state index in [1.165, 1.54) is 0 Å². The Morgan fingerprint density at radius 1 is 0.889 bits per heavy atom. The molecule has 5 heteroatoms. The van der Waals surface area contributed by atoms with Crippen molar-refractivity contribution in [2.24, 2.45) is 0 Å². The third-order valence-corrected chi connectivity index (χ3v) is 4.55. The summed E-state index contributed by atoms with van der Waals surface area (Å²) in [6.45, 7) is 1.99. The van der Waals surface area contributed by atoms with E-state index in [0.29, 0.717) is 5.02 Å². The average molecular weight is 376 g/mol. The van der Waals surface area contributed by atoms with E-state index in [-0.39, 0.29) is 6.03 Å². The van der Waals surface area contributed by atoms with Gasteiger partial charge in [0, 0.05) is 33.0 Å². The predicted molar refractivity (Wildman–Crippen MR) is 113 cm³/mol. The molecule has 1 heterocycles. The second-order valence-electron chi connectivity index (χ2n) is 6.44. The van der Waals surface area contributed by atoms with Crippen LogP contribution in [0.3, 0.4) is 0 Å². The van der Waals surface area contributed by atoms with E-state index < -0.39 is 0 Å². The number of hydrogen-bond acceptors (Lipinski definition) is 1. The third-order valence-electron chi connectivity index (χ3n) is 4.31. The fourth-order valence-corrected chi connectivity index (χ4v) is 3.19. The molecule has 0 spiro atoms. The number of carbonyl (C=O) groups is 1. The number of anilines is 2. The van der Waals surface area contributed by atoms with Crippen LogP contribution in [0.15, 0.2) is 72.8 Å². The number of fused-ring (bicyclic) bond motifs is 1. The van der Waals surface area contributed by atoms with Crippen molar-refractivity contribution in [2.45, 2.75) is 6.92 Å². The molecule has 0 bridgehead atoms. The lowest BCUT2D eigenvalue weighted by Gasteiger charge is -2.08. The predicted octanol–water partition coefficient (Wildman–Crippen LogP) is 6.44. The van der Waals surface area contributed by atoms with Gasteiger partial charge in [-0.1, -0.05) is 35.9 Å². The van der Waals surface area contributed by atoms with Crippen LogP contribution in [-0.2, 0) is 0 Å². The molecule has 4 aromatic rings. The van der Waals surface area contributed by atoms with Crippen molar-refractivity contribution in [2.75, 3.05) is 10.6 Å². The van der Waals surface area contributed by atoms with Gasteiger partial charge in [-0.25, -0.2) is 4.79 Å². The van der Waals surface area contributed by atoms with Crippen molar-refractivity contribution in [1.82, 2.24) is 4.98 Å². The molecule has 4 nitrogen and oxygen atoms in total. The molecule has 0 fully saturated rings. The van der Waals surface area contributed by atoms with Crippen LogP contribution >= 0.6 is 11.6 Å². The number of urea groups is 1. The smallest absolute Gasteiger partial charge is 0.323 e. The highest BCUT2D eigenvalue weighted by Gasteiger charge is 2.06. The normalized spacial score (nSPS) is 10.7. The second kappa shape index (κ2) is 7.17. The summed E-state index contributed by atoms with van der Waals surface area (Å²) < 4.78 is 0. The fourth-order valence-electron chi connectivity index (χ4n) is 3.01. The van der Waals surface area contributed by atoms with Crippen molar-refractivity contribution < 1.29 is 4.79 Å². The SMILES string of the molecule is Cc1cccc(NC(=O)Nc2ccc(-c3cc4cc(Cl)ccc4[nH]3)cc2)c1. The second-order valence-corrected chi connectivity index (χ2v) is 6.88. The van der Waals surface area contributed by atoms with E-state index in [1.54, 1.807) is 0 Å². The van der Waals surface area contributed by atoms with Gasteiger partial charge in [0.05, 0.1) is 0 Å². The summed E-state index contributed by atoms with van der Waals surface area (Å²) in [5.41, 5.74) is 5.66. The highest BCUT2D eigenvalue weighted by atomic mass is 35.5. The summed E-state index contributed by atoms with van der Waals surface area (Å²) in [5, 5.41) is 7.46. The molecule has 1 aromatic heterocycles. The van der Waals surface area contributed by atoms with Crippen LogP contribution in [0, 0.1) is 6.92 Å². The van der Waals surface area contributed by atoms with E-state index in [1.807, 2.05) is 73.7 Å². The Morgan fingerprint density at radius 3 is 2.44 bits per heavy atom. The molecule has 3 aromatic carbocycles. The van der Waals surface area contributed by atoms with Crippen molar-refractivity contribution in [3.05, 3.63) is 83.4 Å². The number of benzene rings is 3. The molecule has 2 amide bonds. The minimum absolute atomic E-state index is 0.270. The lowest BCUT2D eigenvalue weighted by molar-refractivity contribution is 0.262. The van der Waals surface area contributed by atoms with Gasteiger partial charge in [-0.15, -0.1) is 0 Å². The molecule has 0 aliphatic carbocycles. The highest BCUT2D eigenvalue weighted by molar-refractivity contribution is 6.31. The van der Waals surface area contributed by atoms with Crippen LogP contribution in [0.5, 0.6) is 0 Å². The molecule has 27 heavy (non-hydrogen) atoms. The highest BCUT2D eigenvalue weighted by Crippen LogP contribution is 2.27. The summed E-state index contributed by atoms with van der Waals surface area (Å²) in [7, 11) is 0. The van der Waals surface area contributed by atoms with Crippen LogP contribution in [0.4, 0.5) is 16.2 Å². The van der Waals surface area contributed by atoms with Gasteiger partial charge in [0.1, 0.15) is 0 Å². The molecule has 134 valence electrons. The molecule has 0 saturated heterocycles. The zero-order valence-corrected chi connectivity index (χ0v) is 15.5. The van der Waals surface area contributed by atoms with Crippen LogP contribution in [0.25, 0.3) is 22.2 Å². The van der Waals surface area contributed by atoms with E-state index >= 15 is 0 Å². The minimum atomic E-state index is -0.270. The van der Waals surface area contributed by atoms with Crippen molar-refractivity contribution in [3.8, 4) is 11.3 Å². The van der Waals surface area contributed by atoms with Crippen molar-refractivity contribution in [3.63, 3.8) is 0 Å². The molecule has 0 aliphatic heterocycles. The van der Waals surface area contributed by atoms with Crippen molar-refractivity contribution >= 4 is 39.9 Å². The Kier molecular flexibility index (Phi) is 4.57. The number of amides is 2. The number of aromatic nitrogens is 1. The number of carbonyl (C=O) groups excluding carboxylic acids is 1. The van der Waals surface area contributed by atoms with Crippen LogP contribution in [-0.4, -0.2) is 11.0 Å². The summed E-state index contributed by atoms with van der Waals surface area (Å²) >= 11 is 6.05. The van der Waals surface area contributed by atoms with Gasteiger partial charge >= 0.3 is 6.03 Å². The first-order valence-corrected chi connectivity index (χ1v) is 8.98. The summed E-state index contributed by atoms with van der Waals surface area (Å²) in [5.74, 6) is 0. The maximum atomic E-state index is 12.2. The fraction of sp³-hybridized carbons (Fsp3) is 0.0455. The van der Waals surface area contributed by atoms with E-state index in [0.717, 1.165) is 39.1 Å². The molecule has 0 atom stereocenters. The van der Waals surface area contributed by atoms with Crippen LogP contribution in [0.1, 0.15) is 5.56 Å². The maximum absolute atomic E-state index is 12.2. The van der Waals surface area contributed by atoms with Gasteiger partial charge in [-0.2, -0.15) is 0 Å². The number of nitrogens with one attached hydrogen (secondary N) is 3. The first-order chi connectivity index (χ1) is 13.1. The Hall–Kier alpha value is -3.24. The summed E-state index contributed by atoms with van der Waals surface area (Å²) in [6, 6.07) is 22.9. The average Bonchev–Trinajstić information content (AvgIpc) is 3.05. The van der Waals surface area contributed by atoms with Crippen LogP contribution in [0.2, 0.25) is 5.02 Å². The van der Waals surface area contributed by atoms with Crippen LogP contribution < -0.4 is 10.6 Å². The molecular weight excluding hydrogens is 358 g/mol. The molecule has 0 aliphatic rings. The number of hydrogen-bond donors (Lipinski definition) is 3.